The summed E-state index contributed by atoms with van der Waals surface area (Å²) in [5.41, 5.74) is 3.54. The number of thiazole rings is 1. The number of benzene rings is 1. The highest BCUT2D eigenvalue weighted by molar-refractivity contribution is 7.09. The number of fused-ring (bicyclic) bond motifs is 1. The molecule has 3 atom stereocenters. The maximum atomic E-state index is 4.77. The van der Waals surface area contributed by atoms with Crippen LogP contribution in [0.1, 0.15) is 43.3 Å². The summed E-state index contributed by atoms with van der Waals surface area (Å²) in [7, 11) is 0. The molecule has 1 aromatic heterocycles. The topological polar surface area (TPSA) is 40.5 Å². The van der Waals surface area contributed by atoms with Crippen LogP contribution in [-0.4, -0.2) is 35.0 Å². The average molecular weight is 355 g/mol. The highest BCUT2D eigenvalue weighted by Gasteiger charge is 2.33. The molecule has 132 valence electrons. The first-order valence-electron chi connectivity index (χ1n) is 9.20. The molecule has 3 unspecified atom stereocenters. The minimum absolute atomic E-state index is 0.251. The van der Waals surface area contributed by atoms with Crippen molar-refractivity contribution < 1.29 is 0 Å². The Morgan fingerprint density at radius 3 is 2.76 bits per heavy atom. The smallest absolute Gasteiger partial charge is 0.194 e. The lowest BCUT2D eigenvalue weighted by atomic mass is 9.95. The molecule has 1 N–H and O–H groups in total. The van der Waals surface area contributed by atoms with Gasteiger partial charge in [-0.15, -0.1) is 11.3 Å². The van der Waals surface area contributed by atoms with Crippen molar-refractivity contribution in [3.63, 3.8) is 0 Å². The molecule has 2 aliphatic heterocycles. The lowest BCUT2D eigenvalue weighted by Crippen LogP contribution is -2.48. The van der Waals surface area contributed by atoms with Gasteiger partial charge in [0.1, 0.15) is 0 Å². The van der Waals surface area contributed by atoms with Crippen LogP contribution in [0.4, 0.5) is 0 Å². The van der Waals surface area contributed by atoms with E-state index in [9.17, 15) is 0 Å². The zero-order chi connectivity index (χ0) is 17.4. The molecule has 0 bridgehead atoms. The maximum Gasteiger partial charge on any atom is 0.194 e. The molecule has 1 aromatic carbocycles. The Balaban J connectivity index is 1.43. The highest BCUT2D eigenvalue weighted by Crippen LogP contribution is 2.27. The van der Waals surface area contributed by atoms with E-state index >= 15 is 0 Å². The molecule has 3 heterocycles. The highest BCUT2D eigenvalue weighted by atomic mass is 32.1. The molecule has 0 aliphatic carbocycles. The van der Waals surface area contributed by atoms with Crippen LogP contribution in [0.25, 0.3) is 11.3 Å². The van der Waals surface area contributed by atoms with E-state index in [0.717, 1.165) is 35.7 Å². The van der Waals surface area contributed by atoms with Crippen molar-refractivity contribution in [3.05, 3.63) is 40.2 Å². The van der Waals surface area contributed by atoms with Crippen LogP contribution in [0.2, 0.25) is 0 Å². The Kier molecular flexibility index (Phi) is 4.50. The molecule has 0 radical (unpaired) electrons. The van der Waals surface area contributed by atoms with Gasteiger partial charge in [0.05, 0.1) is 29.3 Å². The van der Waals surface area contributed by atoms with Gasteiger partial charge in [-0.05, 0) is 38.2 Å². The van der Waals surface area contributed by atoms with Gasteiger partial charge in [0, 0.05) is 17.5 Å². The third kappa shape index (κ3) is 3.43. The molecule has 4 nitrogen and oxygen atoms in total. The van der Waals surface area contributed by atoms with Crippen molar-refractivity contribution in [3.8, 4) is 11.3 Å². The first-order chi connectivity index (χ1) is 12.1. The summed E-state index contributed by atoms with van der Waals surface area (Å²) >= 11 is 1.70. The van der Waals surface area contributed by atoms with Crippen LogP contribution in [0.5, 0.6) is 0 Å². The molecular formula is C20H26N4S. The monoisotopic (exact) mass is 354 g/mol. The van der Waals surface area contributed by atoms with Gasteiger partial charge in [-0.2, -0.15) is 0 Å². The molecule has 25 heavy (non-hydrogen) atoms. The van der Waals surface area contributed by atoms with Gasteiger partial charge in [0.25, 0.3) is 0 Å². The Labute approximate surface area is 154 Å². The summed E-state index contributed by atoms with van der Waals surface area (Å²) in [5, 5.41) is 6.87. The van der Waals surface area contributed by atoms with Gasteiger partial charge in [-0.1, -0.05) is 31.2 Å². The number of rotatable bonds is 3. The number of nitrogens with zero attached hydrogens (tertiary/aromatic N) is 3. The number of nitrogens with one attached hydrogen (secondary N) is 1. The zero-order valence-electron chi connectivity index (χ0n) is 15.2. The third-order valence-electron chi connectivity index (χ3n) is 5.34. The number of aliphatic imine (C=N–C) groups is 1. The van der Waals surface area contributed by atoms with Gasteiger partial charge in [-0.25, -0.2) is 4.98 Å². The van der Waals surface area contributed by atoms with E-state index in [1.54, 1.807) is 11.3 Å². The van der Waals surface area contributed by atoms with Crippen LogP contribution < -0.4 is 5.32 Å². The standard InChI is InChI=1S/C20H26N4S/c1-13-4-9-18-10-21-20(24(18)11-13)22-14(2)16-5-7-17(8-6-16)19-12-25-15(3)23-19/h5-8,12-14,18H,4,9-11H2,1-3H3,(H,21,22). The second-order valence-electron chi connectivity index (χ2n) is 7.39. The molecule has 4 rings (SSSR count). The van der Waals surface area contributed by atoms with Crippen molar-refractivity contribution in [2.75, 3.05) is 13.1 Å². The molecule has 0 spiro atoms. The van der Waals surface area contributed by atoms with E-state index in [1.165, 1.54) is 24.0 Å². The SMILES string of the molecule is Cc1nc(-c2ccc(C(C)NC3=NCC4CCC(C)CN34)cc2)cs1. The van der Waals surface area contributed by atoms with Crippen molar-refractivity contribution in [2.24, 2.45) is 10.9 Å². The van der Waals surface area contributed by atoms with E-state index in [2.05, 4.69) is 58.7 Å². The summed E-state index contributed by atoms with van der Waals surface area (Å²) in [6.45, 7) is 8.68. The largest absolute Gasteiger partial charge is 0.350 e. The molecule has 0 amide bonds. The van der Waals surface area contributed by atoms with Crippen LogP contribution in [-0.2, 0) is 0 Å². The van der Waals surface area contributed by atoms with Crippen LogP contribution >= 0.6 is 11.3 Å². The fraction of sp³-hybridized carbons (Fsp3) is 0.500. The van der Waals surface area contributed by atoms with Crippen molar-refractivity contribution in [1.82, 2.24) is 15.2 Å². The van der Waals surface area contributed by atoms with E-state index in [-0.39, 0.29) is 6.04 Å². The van der Waals surface area contributed by atoms with Gasteiger partial charge >= 0.3 is 0 Å². The maximum absolute atomic E-state index is 4.77. The second kappa shape index (κ2) is 6.79. The molecule has 2 aliphatic rings. The summed E-state index contributed by atoms with van der Waals surface area (Å²) in [6.07, 6.45) is 2.60. The number of hydrogen-bond acceptors (Lipinski definition) is 5. The Morgan fingerprint density at radius 1 is 1.24 bits per heavy atom. The molecule has 5 heteroatoms. The summed E-state index contributed by atoms with van der Waals surface area (Å²) in [5.74, 6) is 1.85. The van der Waals surface area contributed by atoms with Crippen molar-refractivity contribution in [1.29, 1.82) is 0 Å². The number of aromatic nitrogens is 1. The predicted molar refractivity (Wildman–Crippen MR) is 105 cm³/mol. The Morgan fingerprint density at radius 2 is 2.04 bits per heavy atom. The van der Waals surface area contributed by atoms with Crippen molar-refractivity contribution in [2.45, 2.75) is 45.7 Å². The van der Waals surface area contributed by atoms with Crippen molar-refractivity contribution >= 4 is 17.3 Å². The lowest BCUT2D eigenvalue weighted by molar-refractivity contribution is 0.210. The van der Waals surface area contributed by atoms with Crippen LogP contribution in [0.3, 0.4) is 0 Å². The lowest BCUT2D eigenvalue weighted by Gasteiger charge is -2.36. The molecule has 2 aromatic rings. The predicted octanol–water partition coefficient (Wildman–Crippen LogP) is 4.24. The number of guanidine groups is 1. The zero-order valence-corrected chi connectivity index (χ0v) is 16.0. The fourth-order valence-corrected chi connectivity index (χ4v) is 4.41. The summed E-state index contributed by atoms with van der Waals surface area (Å²) in [4.78, 5) is 11.8. The fourth-order valence-electron chi connectivity index (χ4n) is 3.78. The normalized spacial score (nSPS) is 24.0. The number of hydrogen-bond donors (Lipinski definition) is 1. The Bertz CT molecular complexity index is 764. The minimum Gasteiger partial charge on any atom is -0.350 e. The van der Waals surface area contributed by atoms with E-state index < -0.39 is 0 Å². The van der Waals surface area contributed by atoms with Gasteiger partial charge in [0.15, 0.2) is 5.96 Å². The molecule has 0 saturated carbocycles. The summed E-state index contributed by atoms with van der Waals surface area (Å²) in [6, 6.07) is 9.61. The van der Waals surface area contributed by atoms with E-state index in [1.807, 2.05) is 6.92 Å². The van der Waals surface area contributed by atoms with E-state index in [0.29, 0.717) is 6.04 Å². The number of piperidine rings is 1. The first-order valence-corrected chi connectivity index (χ1v) is 10.1. The third-order valence-corrected chi connectivity index (χ3v) is 6.11. The average Bonchev–Trinajstić information content (AvgIpc) is 3.22. The van der Waals surface area contributed by atoms with Crippen LogP contribution in [0, 0.1) is 12.8 Å². The van der Waals surface area contributed by atoms with Gasteiger partial charge in [0.2, 0.25) is 0 Å². The first kappa shape index (κ1) is 16.6. The van der Waals surface area contributed by atoms with Gasteiger partial charge in [-0.3, -0.25) is 4.99 Å². The van der Waals surface area contributed by atoms with Crippen LogP contribution in [0.15, 0.2) is 34.6 Å². The van der Waals surface area contributed by atoms with E-state index in [4.69, 9.17) is 4.99 Å². The quantitative estimate of drug-likeness (QED) is 0.896. The molecular weight excluding hydrogens is 328 g/mol. The second-order valence-corrected chi connectivity index (χ2v) is 8.46. The number of aryl methyl sites for hydroxylation is 1. The van der Waals surface area contributed by atoms with Gasteiger partial charge < -0.3 is 10.2 Å². The minimum atomic E-state index is 0.251. The Hall–Kier alpha value is -1.88. The molecule has 1 saturated heterocycles. The molecule has 1 fully saturated rings. The summed E-state index contributed by atoms with van der Waals surface area (Å²) < 4.78 is 0.